The van der Waals surface area contributed by atoms with Crippen LogP contribution in [0.2, 0.25) is 0 Å². The second-order valence-corrected chi connectivity index (χ2v) is 2.42. The highest BCUT2D eigenvalue weighted by molar-refractivity contribution is 6.32. The topological polar surface area (TPSA) is 30.7 Å². The number of imidazole rings is 1. The summed E-state index contributed by atoms with van der Waals surface area (Å²) in [6, 6.07) is 3.65. The molecule has 0 aromatic carbocycles. The quantitative estimate of drug-likeness (QED) is 0.545. The van der Waals surface area contributed by atoms with Crippen LogP contribution in [0.3, 0.4) is 0 Å². The lowest BCUT2D eigenvalue weighted by atomic mass is 9.99. The van der Waals surface area contributed by atoms with Crippen molar-refractivity contribution in [1.82, 2.24) is 14.5 Å². The van der Waals surface area contributed by atoms with E-state index in [0.29, 0.717) is 5.46 Å². The summed E-state index contributed by atoms with van der Waals surface area (Å²) in [6.07, 6.45) is 6.85. The zero-order valence-corrected chi connectivity index (χ0v) is 6.38. The molecule has 2 radical (unpaired) electrons. The summed E-state index contributed by atoms with van der Waals surface area (Å²) in [5.74, 6) is 0.821. The lowest BCUT2D eigenvalue weighted by molar-refractivity contribution is 0.996. The third-order valence-corrected chi connectivity index (χ3v) is 1.54. The van der Waals surface area contributed by atoms with Gasteiger partial charge in [0.25, 0.3) is 0 Å². The fourth-order valence-electron chi connectivity index (χ4n) is 0.945. The van der Waals surface area contributed by atoms with Crippen LogP contribution in [0.4, 0.5) is 0 Å². The smallest absolute Gasteiger partial charge is 0.137 e. The molecule has 0 fully saturated rings. The Balaban J connectivity index is 2.43. The molecule has 0 spiro atoms. The van der Waals surface area contributed by atoms with Crippen LogP contribution in [0, 0.1) is 0 Å². The fourth-order valence-corrected chi connectivity index (χ4v) is 0.945. The molecule has 0 bridgehead atoms. The Morgan fingerprint density at radius 2 is 2.25 bits per heavy atom. The van der Waals surface area contributed by atoms with Gasteiger partial charge in [0.1, 0.15) is 20.0 Å². The van der Waals surface area contributed by atoms with Gasteiger partial charge in [-0.1, -0.05) is 11.5 Å². The molecule has 0 aliphatic carbocycles. The molecule has 0 aliphatic heterocycles. The van der Waals surface area contributed by atoms with Gasteiger partial charge < -0.3 is 0 Å². The molecule has 0 unspecified atom stereocenters. The monoisotopic (exact) mass is 155 g/mol. The highest BCUT2D eigenvalue weighted by Crippen LogP contribution is 1.98. The Hall–Kier alpha value is -1.58. The summed E-state index contributed by atoms with van der Waals surface area (Å²) in [6.45, 7) is 0. The maximum absolute atomic E-state index is 5.49. The number of hydrogen-bond donors (Lipinski definition) is 0. The summed E-state index contributed by atoms with van der Waals surface area (Å²) in [4.78, 5) is 8.03. The highest BCUT2D eigenvalue weighted by atomic mass is 15.1. The highest BCUT2D eigenvalue weighted by Gasteiger charge is 1.93. The predicted octanol–water partition coefficient (Wildman–Crippen LogP) is 0.0611. The van der Waals surface area contributed by atoms with Gasteiger partial charge in [0, 0.05) is 18.6 Å². The minimum atomic E-state index is 0.666. The first-order chi connectivity index (χ1) is 5.86. The van der Waals surface area contributed by atoms with Gasteiger partial charge in [-0.3, -0.25) is 4.57 Å². The van der Waals surface area contributed by atoms with E-state index in [1.807, 2.05) is 22.9 Å². The summed E-state index contributed by atoms with van der Waals surface area (Å²) in [5.41, 5.74) is 0.666. The maximum Gasteiger partial charge on any atom is 0.137 e. The molecule has 0 aliphatic rings. The van der Waals surface area contributed by atoms with Crippen LogP contribution in [-0.2, 0) is 0 Å². The molecule has 0 amide bonds. The van der Waals surface area contributed by atoms with Crippen molar-refractivity contribution in [2.45, 2.75) is 0 Å². The largest absolute Gasteiger partial charge is 0.291 e. The van der Waals surface area contributed by atoms with E-state index >= 15 is 0 Å². The summed E-state index contributed by atoms with van der Waals surface area (Å²) in [5, 5.41) is 0. The van der Waals surface area contributed by atoms with E-state index in [9.17, 15) is 0 Å². The molecule has 2 aromatic rings. The first-order valence-electron chi connectivity index (χ1n) is 3.56. The Labute approximate surface area is 71.5 Å². The number of hydrogen-bond acceptors (Lipinski definition) is 2. The van der Waals surface area contributed by atoms with Gasteiger partial charge in [-0.25, -0.2) is 9.97 Å². The number of aromatic nitrogens is 3. The van der Waals surface area contributed by atoms with E-state index in [2.05, 4.69) is 9.97 Å². The van der Waals surface area contributed by atoms with E-state index in [0.717, 1.165) is 5.82 Å². The molecule has 56 valence electrons. The molecule has 0 atom stereocenters. The zero-order valence-electron chi connectivity index (χ0n) is 6.38. The van der Waals surface area contributed by atoms with Gasteiger partial charge in [-0.15, -0.1) is 0 Å². The second-order valence-electron chi connectivity index (χ2n) is 2.42. The van der Waals surface area contributed by atoms with Gasteiger partial charge in [-0.2, -0.15) is 0 Å². The third-order valence-electron chi connectivity index (χ3n) is 1.54. The molecule has 2 rings (SSSR count). The SMILES string of the molecule is [B]c1ccc(-n2ccnc2)nc1. The lowest BCUT2D eigenvalue weighted by Gasteiger charge is -1.99. The molecule has 12 heavy (non-hydrogen) atoms. The lowest BCUT2D eigenvalue weighted by Crippen LogP contribution is -2.04. The van der Waals surface area contributed by atoms with E-state index in [1.54, 1.807) is 18.7 Å². The summed E-state index contributed by atoms with van der Waals surface area (Å²) in [7, 11) is 5.49. The molecule has 2 heterocycles. The molecule has 0 saturated carbocycles. The van der Waals surface area contributed by atoms with E-state index in [1.165, 1.54) is 0 Å². The molecular weight excluding hydrogens is 149 g/mol. The van der Waals surface area contributed by atoms with Crippen LogP contribution in [0.5, 0.6) is 0 Å². The van der Waals surface area contributed by atoms with E-state index in [-0.39, 0.29) is 0 Å². The molecule has 0 saturated heterocycles. The Kier molecular flexibility index (Phi) is 1.66. The van der Waals surface area contributed by atoms with Crippen molar-refractivity contribution < 1.29 is 0 Å². The maximum atomic E-state index is 5.49. The Bertz CT molecular complexity index is 352. The van der Waals surface area contributed by atoms with Crippen molar-refractivity contribution >= 4 is 13.3 Å². The summed E-state index contributed by atoms with van der Waals surface area (Å²) < 4.78 is 1.82. The van der Waals surface area contributed by atoms with Crippen LogP contribution >= 0.6 is 0 Å². The Morgan fingerprint density at radius 3 is 2.83 bits per heavy atom. The van der Waals surface area contributed by atoms with Gasteiger partial charge in [0.05, 0.1) is 0 Å². The number of pyridine rings is 1. The van der Waals surface area contributed by atoms with Crippen molar-refractivity contribution in [1.29, 1.82) is 0 Å². The average Bonchev–Trinajstić information content (AvgIpc) is 2.58. The van der Waals surface area contributed by atoms with Crippen molar-refractivity contribution in [2.24, 2.45) is 0 Å². The van der Waals surface area contributed by atoms with Gasteiger partial charge >= 0.3 is 0 Å². The first kappa shape index (κ1) is 7.09. The zero-order chi connectivity index (χ0) is 8.39. The third kappa shape index (κ3) is 1.23. The normalized spacial score (nSPS) is 10.0. The van der Waals surface area contributed by atoms with E-state index in [4.69, 9.17) is 7.85 Å². The van der Waals surface area contributed by atoms with Crippen molar-refractivity contribution in [3.8, 4) is 5.82 Å². The first-order valence-corrected chi connectivity index (χ1v) is 3.56. The molecule has 0 N–H and O–H groups in total. The average molecular weight is 155 g/mol. The minimum Gasteiger partial charge on any atom is -0.291 e. The Morgan fingerprint density at radius 1 is 1.33 bits per heavy atom. The van der Waals surface area contributed by atoms with Crippen LogP contribution in [0.25, 0.3) is 5.82 Å². The van der Waals surface area contributed by atoms with Gasteiger partial charge in [0.2, 0.25) is 0 Å². The number of rotatable bonds is 1. The fraction of sp³-hybridized carbons (Fsp3) is 0. The van der Waals surface area contributed by atoms with Crippen LogP contribution < -0.4 is 5.46 Å². The van der Waals surface area contributed by atoms with Gasteiger partial charge in [0.15, 0.2) is 0 Å². The van der Waals surface area contributed by atoms with Crippen molar-refractivity contribution in [2.75, 3.05) is 0 Å². The van der Waals surface area contributed by atoms with Crippen molar-refractivity contribution in [3.05, 3.63) is 37.1 Å². The minimum absolute atomic E-state index is 0.666. The van der Waals surface area contributed by atoms with Crippen molar-refractivity contribution in [3.63, 3.8) is 0 Å². The van der Waals surface area contributed by atoms with Gasteiger partial charge in [-0.05, 0) is 6.07 Å². The van der Waals surface area contributed by atoms with Crippen LogP contribution in [0.15, 0.2) is 37.1 Å². The van der Waals surface area contributed by atoms with Crippen LogP contribution in [-0.4, -0.2) is 22.4 Å². The molecule has 2 aromatic heterocycles. The molecular formula is C8H6BN3. The molecule has 3 nitrogen and oxygen atoms in total. The second kappa shape index (κ2) is 2.81. The molecule has 4 heteroatoms. The van der Waals surface area contributed by atoms with Crippen LogP contribution in [0.1, 0.15) is 0 Å². The number of nitrogens with zero attached hydrogens (tertiary/aromatic N) is 3. The predicted molar refractivity (Wildman–Crippen MR) is 46.7 cm³/mol. The van der Waals surface area contributed by atoms with E-state index < -0.39 is 0 Å². The summed E-state index contributed by atoms with van der Waals surface area (Å²) >= 11 is 0. The standard InChI is InChI=1S/C8H6BN3/c9-7-1-2-8(11-5-7)12-4-3-10-6-12/h1-6H.